The average molecular weight is 333 g/mol. The molecule has 0 radical (unpaired) electrons. The summed E-state index contributed by atoms with van der Waals surface area (Å²) in [5, 5.41) is 0. The molecule has 0 spiro atoms. The maximum atomic E-state index is 5.47. The van der Waals surface area contributed by atoms with Gasteiger partial charge in [-0.05, 0) is 38.6 Å². The zero-order valence-electron chi connectivity index (χ0n) is 14.0. The summed E-state index contributed by atoms with van der Waals surface area (Å²) >= 11 is 0. The first-order chi connectivity index (χ1) is 9.41. The number of hydrogen-bond donors (Lipinski definition) is 1. The van der Waals surface area contributed by atoms with Crippen molar-refractivity contribution in [3.63, 3.8) is 0 Å². The molecule has 0 unspecified atom stereocenters. The van der Waals surface area contributed by atoms with Gasteiger partial charge in [0.2, 0.25) is 0 Å². The Morgan fingerprint density at radius 3 is 1.45 bits per heavy atom. The van der Waals surface area contributed by atoms with Gasteiger partial charge in [-0.25, -0.2) is 0 Å². The van der Waals surface area contributed by atoms with E-state index in [1.807, 2.05) is 0 Å². The van der Waals surface area contributed by atoms with Crippen LogP contribution in [0.2, 0.25) is 0 Å². The van der Waals surface area contributed by atoms with Gasteiger partial charge in [-0.15, -0.1) is 0 Å². The van der Waals surface area contributed by atoms with E-state index in [1.165, 1.54) is 89.9 Å². The van der Waals surface area contributed by atoms with Crippen LogP contribution < -0.4 is 5.73 Å². The zero-order chi connectivity index (χ0) is 14.0. The van der Waals surface area contributed by atoms with Gasteiger partial charge in [0.25, 0.3) is 0 Å². The van der Waals surface area contributed by atoms with E-state index in [9.17, 15) is 0 Å². The molecule has 0 aliphatic heterocycles. The summed E-state index contributed by atoms with van der Waals surface area (Å²) in [6, 6.07) is 0. The van der Waals surface area contributed by atoms with Crippen LogP contribution in [-0.2, 0) is 19.5 Å². The molecule has 2 heteroatoms. The van der Waals surface area contributed by atoms with Crippen molar-refractivity contribution in [3.05, 3.63) is 12.2 Å². The molecule has 0 aromatic carbocycles. The van der Waals surface area contributed by atoms with Crippen LogP contribution in [0.25, 0.3) is 0 Å². The SMILES string of the molecule is CCCCCCCCC=CCCCCCCCCN.[Zn]. The molecule has 0 aromatic rings. The van der Waals surface area contributed by atoms with E-state index in [4.69, 9.17) is 5.73 Å². The maximum absolute atomic E-state index is 5.47. The smallest absolute Gasteiger partial charge is 0 e. The summed E-state index contributed by atoms with van der Waals surface area (Å²) in [5.74, 6) is 0. The van der Waals surface area contributed by atoms with Crippen LogP contribution in [0.5, 0.6) is 0 Å². The predicted octanol–water partition coefficient (Wildman–Crippen LogP) is 5.98. The third kappa shape index (κ3) is 20.6. The number of nitrogens with two attached hydrogens (primary N) is 1. The average Bonchev–Trinajstić information content (AvgIpc) is 2.43. The van der Waals surface area contributed by atoms with Crippen LogP contribution in [0.3, 0.4) is 0 Å². The fraction of sp³-hybridized carbons (Fsp3) is 0.889. The first-order valence-corrected chi connectivity index (χ1v) is 8.77. The van der Waals surface area contributed by atoms with E-state index >= 15 is 0 Å². The van der Waals surface area contributed by atoms with Gasteiger partial charge in [0, 0.05) is 19.5 Å². The van der Waals surface area contributed by atoms with E-state index in [2.05, 4.69) is 19.1 Å². The first kappa shape index (κ1) is 22.6. The quantitative estimate of drug-likeness (QED) is 0.223. The van der Waals surface area contributed by atoms with Gasteiger partial charge in [-0.2, -0.15) is 0 Å². The number of unbranched alkanes of at least 4 members (excludes halogenated alkanes) is 12. The largest absolute Gasteiger partial charge is 0.330 e. The van der Waals surface area contributed by atoms with Crippen molar-refractivity contribution in [3.8, 4) is 0 Å². The topological polar surface area (TPSA) is 26.0 Å². The Labute approximate surface area is 140 Å². The third-order valence-electron chi connectivity index (χ3n) is 3.72. The van der Waals surface area contributed by atoms with Crippen molar-refractivity contribution in [2.24, 2.45) is 5.73 Å². The molecule has 0 heterocycles. The van der Waals surface area contributed by atoms with Crippen LogP contribution in [0, 0.1) is 0 Å². The second-order valence-electron chi connectivity index (χ2n) is 5.73. The summed E-state index contributed by atoms with van der Waals surface area (Å²) in [6.07, 6.45) is 23.9. The van der Waals surface area contributed by atoms with Crippen molar-refractivity contribution in [2.45, 2.75) is 96.8 Å². The molecule has 0 fully saturated rings. The zero-order valence-corrected chi connectivity index (χ0v) is 17.0. The van der Waals surface area contributed by atoms with Crippen LogP contribution in [0.4, 0.5) is 0 Å². The van der Waals surface area contributed by atoms with Gasteiger partial charge in [0.1, 0.15) is 0 Å². The predicted molar refractivity (Wildman–Crippen MR) is 88.5 cm³/mol. The summed E-state index contributed by atoms with van der Waals surface area (Å²) in [7, 11) is 0. The Bertz CT molecular complexity index is 180. The molecule has 0 rings (SSSR count). The standard InChI is InChI=1S/C18H37N.Zn/c1-2-3-4-5-6-7-8-9-10-11-12-13-14-15-16-17-18-19;/h9-10H,2-8,11-19H2,1H3;. The summed E-state index contributed by atoms with van der Waals surface area (Å²) in [5.41, 5.74) is 5.47. The van der Waals surface area contributed by atoms with E-state index in [0.29, 0.717) is 0 Å². The molecule has 1 nitrogen and oxygen atoms in total. The fourth-order valence-corrected chi connectivity index (χ4v) is 2.39. The Balaban J connectivity index is 0. The molecule has 0 saturated carbocycles. The second-order valence-corrected chi connectivity index (χ2v) is 5.73. The van der Waals surface area contributed by atoms with Crippen molar-refractivity contribution in [1.29, 1.82) is 0 Å². The molecule has 0 bridgehead atoms. The minimum Gasteiger partial charge on any atom is -0.330 e. The molecule has 0 aliphatic rings. The third-order valence-corrected chi connectivity index (χ3v) is 3.72. The fourth-order valence-electron chi connectivity index (χ4n) is 2.39. The van der Waals surface area contributed by atoms with E-state index in [1.54, 1.807) is 0 Å². The van der Waals surface area contributed by atoms with Crippen molar-refractivity contribution in [1.82, 2.24) is 0 Å². The molecule has 0 saturated heterocycles. The maximum Gasteiger partial charge on any atom is 0 e. The van der Waals surface area contributed by atoms with Crippen LogP contribution in [0.15, 0.2) is 12.2 Å². The van der Waals surface area contributed by atoms with Crippen molar-refractivity contribution < 1.29 is 19.5 Å². The van der Waals surface area contributed by atoms with Crippen LogP contribution >= 0.6 is 0 Å². The molecular formula is C18H37NZn. The van der Waals surface area contributed by atoms with Crippen LogP contribution in [0.1, 0.15) is 96.8 Å². The van der Waals surface area contributed by atoms with Gasteiger partial charge in [-0.3, -0.25) is 0 Å². The van der Waals surface area contributed by atoms with E-state index in [0.717, 1.165) is 6.54 Å². The van der Waals surface area contributed by atoms with Gasteiger partial charge in [-0.1, -0.05) is 76.9 Å². The van der Waals surface area contributed by atoms with E-state index < -0.39 is 0 Å². The summed E-state index contributed by atoms with van der Waals surface area (Å²) < 4.78 is 0. The number of rotatable bonds is 15. The van der Waals surface area contributed by atoms with E-state index in [-0.39, 0.29) is 19.5 Å². The number of allylic oxidation sites excluding steroid dienone is 2. The van der Waals surface area contributed by atoms with Gasteiger partial charge in [0.05, 0.1) is 0 Å². The molecular weight excluding hydrogens is 296 g/mol. The molecule has 116 valence electrons. The monoisotopic (exact) mass is 331 g/mol. The molecule has 0 atom stereocenters. The van der Waals surface area contributed by atoms with Crippen molar-refractivity contribution in [2.75, 3.05) is 6.54 Å². The van der Waals surface area contributed by atoms with Gasteiger partial charge in [0.15, 0.2) is 0 Å². The summed E-state index contributed by atoms with van der Waals surface area (Å²) in [6.45, 7) is 3.14. The first-order valence-electron chi connectivity index (χ1n) is 8.77. The second kappa shape index (κ2) is 21.6. The van der Waals surface area contributed by atoms with Gasteiger partial charge >= 0.3 is 0 Å². The minimum atomic E-state index is 0. The van der Waals surface area contributed by atoms with Crippen molar-refractivity contribution >= 4 is 0 Å². The number of hydrogen-bond acceptors (Lipinski definition) is 1. The molecule has 20 heavy (non-hydrogen) atoms. The Kier molecular flexibility index (Phi) is 24.4. The Morgan fingerprint density at radius 1 is 0.600 bits per heavy atom. The minimum absolute atomic E-state index is 0. The molecule has 0 amide bonds. The van der Waals surface area contributed by atoms with Gasteiger partial charge < -0.3 is 5.73 Å². The Hall–Kier alpha value is 0.323. The van der Waals surface area contributed by atoms with Crippen LogP contribution in [-0.4, -0.2) is 6.54 Å². The molecule has 2 N–H and O–H groups in total. The normalized spacial score (nSPS) is 10.9. The molecule has 0 aliphatic carbocycles. The molecule has 0 aromatic heterocycles. The Morgan fingerprint density at radius 2 is 1.00 bits per heavy atom. The summed E-state index contributed by atoms with van der Waals surface area (Å²) in [4.78, 5) is 0.